The van der Waals surface area contributed by atoms with Gasteiger partial charge in [0.05, 0.1) is 23.1 Å². The molecule has 3 aromatic rings. The highest BCUT2D eigenvalue weighted by Crippen LogP contribution is 2.43. The van der Waals surface area contributed by atoms with Gasteiger partial charge in [-0.3, -0.25) is 0 Å². The molecule has 2 heterocycles. The summed E-state index contributed by atoms with van der Waals surface area (Å²) in [6.07, 6.45) is -4.74. The summed E-state index contributed by atoms with van der Waals surface area (Å²) in [6.45, 7) is 1.22. The number of aryl methyl sites for hydroxylation is 1. The standard InChI is InChI=1S/C19H14F3N3O2S/c1-12-2-5-15(6-3-12)28(26,27)25-17(19(20,21)22)11-24-16-7-4-13(10-23)8-14(16)9-18(24)25/h2-9,17H,11H2,1H3. The van der Waals surface area contributed by atoms with Gasteiger partial charge in [-0.2, -0.15) is 18.4 Å². The van der Waals surface area contributed by atoms with Gasteiger partial charge in [0.15, 0.2) is 6.04 Å². The van der Waals surface area contributed by atoms with E-state index in [1.165, 1.54) is 41.0 Å². The minimum absolute atomic E-state index is 0.0620. The second-order valence-electron chi connectivity index (χ2n) is 6.67. The summed E-state index contributed by atoms with van der Waals surface area (Å²) in [4.78, 5) is -0.205. The number of alkyl halides is 3. The molecule has 1 unspecified atom stereocenters. The smallest absolute Gasteiger partial charge is 0.324 e. The minimum Gasteiger partial charge on any atom is -0.324 e. The van der Waals surface area contributed by atoms with Crippen LogP contribution in [-0.4, -0.2) is 25.2 Å². The lowest BCUT2D eigenvalue weighted by molar-refractivity contribution is -0.145. The Balaban J connectivity index is 1.93. The minimum atomic E-state index is -4.74. The maximum atomic E-state index is 13.7. The van der Waals surface area contributed by atoms with Gasteiger partial charge in [0.25, 0.3) is 10.0 Å². The Labute approximate surface area is 159 Å². The normalized spacial score (nSPS) is 17.0. The van der Waals surface area contributed by atoms with Crippen molar-refractivity contribution in [1.82, 2.24) is 4.57 Å². The number of nitriles is 1. The van der Waals surface area contributed by atoms with Gasteiger partial charge >= 0.3 is 6.18 Å². The van der Waals surface area contributed by atoms with Crippen LogP contribution in [0.1, 0.15) is 11.1 Å². The van der Waals surface area contributed by atoms with Crippen LogP contribution in [0.15, 0.2) is 53.4 Å². The van der Waals surface area contributed by atoms with Crippen LogP contribution >= 0.6 is 0 Å². The molecule has 1 atom stereocenters. The molecule has 0 bridgehead atoms. The zero-order valence-corrected chi connectivity index (χ0v) is 15.4. The van der Waals surface area contributed by atoms with Gasteiger partial charge in [-0.05, 0) is 43.3 Å². The van der Waals surface area contributed by atoms with Crippen molar-refractivity contribution in [3.63, 3.8) is 0 Å². The lowest BCUT2D eigenvalue weighted by Crippen LogP contribution is -2.47. The van der Waals surface area contributed by atoms with Gasteiger partial charge in [0.1, 0.15) is 5.82 Å². The van der Waals surface area contributed by atoms with Gasteiger partial charge in [-0.25, -0.2) is 12.7 Å². The van der Waals surface area contributed by atoms with E-state index in [0.29, 0.717) is 20.8 Å². The molecule has 1 aliphatic heterocycles. The molecule has 1 aromatic heterocycles. The molecule has 5 nitrogen and oxygen atoms in total. The Morgan fingerprint density at radius 1 is 1.11 bits per heavy atom. The van der Waals surface area contributed by atoms with Crippen molar-refractivity contribution in [2.45, 2.75) is 30.6 Å². The Bertz CT molecular complexity index is 1220. The molecule has 0 aliphatic carbocycles. The summed E-state index contributed by atoms with van der Waals surface area (Å²) in [5, 5.41) is 9.55. The van der Waals surface area contributed by atoms with Crippen molar-refractivity contribution < 1.29 is 21.6 Å². The lowest BCUT2D eigenvalue weighted by atomic mass is 10.1. The molecule has 9 heteroatoms. The van der Waals surface area contributed by atoms with E-state index in [2.05, 4.69) is 0 Å². The van der Waals surface area contributed by atoms with Crippen molar-refractivity contribution in [1.29, 1.82) is 5.26 Å². The highest BCUT2D eigenvalue weighted by atomic mass is 32.2. The van der Waals surface area contributed by atoms with Crippen LogP contribution < -0.4 is 4.31 Å². The number of hydrogen-bond donors (Lipinski definition) is 0. The topological polar surface area (TPSA) is 66.1 Å². The van der Waals surface area contributed by atoms with Gasteiger partial charge in [0, 0.05) is 10.9 Å². The van der Waals surface area contributed by atoms with Gasteiger partial charge in [-0.15, -0.1) is 0 Å². The van der Waals surface area contributed by atoms with Crippen LogP contribution in [0.4, 0.5) is 19.0 Å². The van der Waals surface area contributed by atoms with E-state index in [1.54, 1.807) is 19.1 Å². The van der Waals surface area contributed by atoms with Crippen molar-refractivity contribution >= 4 is 26.7 Å². The number of halogens is 3. The van der Waals surface area contributed by atoms with Crippen molar-refractivity contribution in [2.75, 3.05) is 4.31 Å². The van der Waals surface area contributed by atoms with E-state index in [1.807, 2.05) is 6.07 Å². The van der Waals surface area contributed by atoms with E-state index in [4.69, 9.17) is 5.26 Å². The predicted octanol–water partition coefficient (Wildman–Crippen LogP) is 3.96. The summed E-state index contributed by atoms with van der Waals surface area (Å²) in [5.74, 6) is -0.0620. The van der Waals surface area contributed by atoms with Crippen molar-refractivity contribution in [3.05, 3.63) is 59.7 Å². The van der Waals surface area contributed by atoms with Crippen LogP contribution in [0.2, 0.25) is 0 Å². The quantitative estimate of drug-likeness (QED) is 0.648. The highest BCUT2D eigenvalue weighted by Gasteiger charge is 2.53. The fourth-order valence-corrected chi connectivity index (χ4v) is 5.08. The fraction of sp³-hybridized carbons (Fsp3) is 0.211. The summed E-state index contributed by atoms with van der Waals surface area (Å²) in [5.41, 5.74) is 1.59. The van der Waals surface area contributed by atoms with Crippen LogP contribution in [0.3, 0.4) is 0 Å². The van der Waals surface area contributed by atoms with Crippen LogP contribution in [0.25, 0.3) is 10.9 Å². The Kier molecular flexibility index (Phi) is 3.94. The highest BCUT2D eigenvalue weighted by molar-refractivity contribution is 7.92. The molecular weight excluding hydrogens is 391 g/mol. The molecule has 1 aliphatic rings. The molecule has 0 N–H and O–H groups in total. The molecule has 2 aromatic carbocycles. The third kappa shape index (κ3) is 2.72. The zero-order valence-electron chi connectivity index (χ0n) is 14.6. The van der Waals surface area contributed by atoms with Crippen LogP contribution in [0.5, 0.6) is 0 Å². The molecule has 0 radical (unpaired) electrons. The van der Waals surface area contributed by atoms with Crippen molar-refractivity contribution in [3.8, 4) is 6.07 Å². The van der Waals surface area contributed by atoms with Gasteiger partial charge in [-0.1, -0.05) is 17.7 Å². The number of nitrogens with zero attached hydrogens (tertiary/aromatic N) is 3. The molecule has 4 rings (SSSR count). The predicted molar refractivity (Wildman–Crippen MR) is 97.3 cm³/mol. The first-order chi connectivity index (χ1) is 13.1. The number of fused-ring (bicyclic) bond motifs is 3. The first kappa shape index (κ1) is 18.4. The summed E-state index contributed by atoms with van der Waals surface area (Å²) < 4.78 is 69.2. The molecule has 0 saturated heterocycles. The zero-order chi connectivity index (χ0) is 20.3. The van der Waals surface area contributed by atoms with E-state index < -0.39 is 28.8 Å². The van der Waals surface area contributed by atoms with Crippen LogP contribution in [0, 0.1) is 18.3 Å². The van der Waals surface area contributed by atoms with E-state index in [9.17, 15) is 21.6 Å². The average Bonchev–Trinajstić information content (AvgIpc) is 3.17. The van der Waals surface area contributed by atoms with E-state index in [0.717, 1.165) is 5.56 Å². The lowest BCUT2D eigenvalue weighted by Gasteiger charge is -2.27. The third-order valence-corrected chi connectivity index (χ3v) is 6.66. The molecule has 144 valence electrons. The average molecular weight is 405 g/mol. The molecule has 0 amide bonds. The molecular formula is C19H14F3N3O2S. The van der Waals surface area contributed by atoms with E-state index in [-0.39, 0.29) is 10.7 Å². The van der Waals surface area contributed by atoms with Gasteiger partial charge < -0.3 is 4.57 Å². The Hall–Kier alpha value is -2.99. The summed E-state index contributed by atoms with van der Waals surface area (Å²) in [6, 6.07) is 11.4. The second kappa shape index (κ2) is 6.01. The monoisotopic (exact) mass is 405 g/mol. The molecule has 0 saturated carbocycles. The van der Waals surface area contributed by atoms with Gasteiger partial charge in [0.2, 0.25) is 0 Å². The summed E-state index contributed by atoms with van der Waals surface area (Å²) in [7, 11) is -4.44. The summed E-state index contributed by atoms with van der Waals surface area (Å²) >= 11 is 0. The largest absolute Gasteiger partial charge is 0.411 e. The number of benzene rings is 2. The first-order valence-corrected chi connectivity index (χ1v) is 9.78. The second-order valence-corrected chi connectivity index (χ2v) is 8.48. The molecule has 0 fully saturated rings. The number of anilines is 1. The fourth-order valence-electron chi connectivity index (χ4n) is 3.46. The Morgan fingerprint density at radius 3 is 2.39 bits per heavy atom. The number of aromatic nitrogens is 1. The SMILES string of the molecule is Cc1ccc(S(=O)(=O)N2c3cc4cc(C#N)ccc4n3CC2C(F)(F)F)cc1. The molecule has 28 heavy (non-hydrogen) atoms. The first-order valence-electron chi connectivity index (χ1n) is 8.34. The molecule has 0 spiro atoms. The maximum absolute atomic E-state index is 13.7. The Morgan fingerprint density at radius 2 is 1.79 bits per heavy atom. The number of sulfonamides is 1. The van der Waals surface area contributed by atoms with Crippen molar-refractivity contribution in [2.24, 2.45) is 0 Å². The maximum Gasteiger partial charge on any atom is 0.411 e. The van der Waals surface area contributed by atoms with Crippen LogP contribution in [-0.2, 0) is 16.6 Å². The number of hydrogen-bond acceptors (Lipinski definition) is 3. The van der Waals surface area contributed by atoms with E-state index >= 15 is 0 Å². The third-order valence-electron chi connectivity index (χ3n) is 4.83. The number of rotatable bonds is 2.